The maximum absolute atomic E-state index is 10.9. The lowest BCUT2D eigenvalue weighted by Gasteiger charge is -2.06. The van der Waals surface area contributed by atoms with Crippen molar-refractivity contribution in [1.82, 2.24) is 4.98 Å². The van der Waals surface area contributed by atoms with Crippen molar-refractivity contribution in [3.63, 3.8) is 0 Å². The Labute approximate surface area is 109 Å². The van der Waals surface area contributed by atoms with E-state index in [1.165, 1.54) is 12.1 Å². The van der Waals surface area contributed by atoms with Crippen LogP contribution in [0.5, 0.6) is 11.6 Å². The van der Waals surface area contributed by atoms with Crippen LogP contribution >= 0.6 is 0 Å². The van der Waals surface area contributed by atoms with Crippen LogP contribution in [0.2, 0.25) is 0 Å². The Kier molecular flexibility index (Phi) is 3.44. The zero-order chi connectivity index (χ0) is 13.8. The van der Waals surface area contributed by atoms with E-state index in [-0.39, 0.29) is 11.4 Å². The summed E-state index contributed by atoms with van der Waals surface area (Å²) in [6, 6.07) is 11.3. The van der Waals surface area contributed by atoms with Gasteiger partial charge in [0, 0.05) is 11.8 Å². The molecule has 1 aromatic carbocycles. The number of rotatable bonds is 3. The van der Waals surface area contributed by atoms with Crippen molar-refractivity contribution in [3.05, 3.63) is 53.2 Å². The van der Waals surface area contributed by atoms with E-state index in [4.69, 9.17) is 15.1 Å². The first-order valence-electron chi connectivity index (χ1n) is 5.48. The first-order chi connectivity index (χ1) is 9.08. The van der Waals surface area contributed by atoms with E-state index in [0.29, 0.717) is 17.0 Å². The topological polar surface area (TPSA) is 83.2 Å². The summed E-state index contributed by atoms with van der Waals surface area (Å²) >= 11 is 0. The van der Waals surface area contributed by atoms with Crippen molar-refractivity contribution in [1.29, 1.82) is 5.26 Å². The average Bonchev–Trinajstić information content (AvgIpc) is 2.39. The molecule has 0 bridgehead atoms. The van der Waals surface area contributed by atoms with E-state index in [0.717, 1.165) is 0 Å². The summed E-state index contributed by atoms with van der Waals surface area (Å²) in [4.78, 5) is 15.0. The minimum atomic E-state index is -1.03. The molecule has 2 aromatic rings. The predicted molar refractivity (Wildman–Crippen MR) is 67.2 cm³/mol. The molecule has 0 radical (unpaired) electrons. The smallest absolute Gasteiger partial charge is 0.335 e. The summed E-state index contributed by atoms with van der Waals surface area (Å²) in [7, 11) is 0. The summed E-state index contributed by atoms with van der Waals surface area (Å²) < 4.78 is 5.47. The number of pyridine rings is 1. The molecule has 19 heavy (non-hydrogen) atoms. The lowest BCUT2D eigenvalue weighted by Crippen LogP contribution is -1.99. The molecule has 1 heterocycles. The minimum absolute atomic E-state index is 0.121. The fourth-order valence-electron chi connectivity index (χ4n) is 1.53. The number of aryl methyl sites for hydroxylation is 1. The van der Waals surface area contributed by atoms with Crippen LogP contribution in [-0.2, 0) is 0 Å². The van der Waals surface area contributed by atoms with E-state index in [9.17, 15) is 4.79 Å². The number of nitrogens with zero attached hydrogens (tertiary/aromatic N) is 2. The molecule has 94 valence electrons. The molecule has 0 aliphatic rings. The molecule has 0 saturated carbocycles. The number of carboxylic acids is 1. The van der Waals surface area contributed by atoms with Crippen LogP contribution in [0.3, 0.4) is 0 Å². The highest BCUT2D eigenvalue weighted by atomic mass is 16.5. The fourth-order valence-corrected chi connectivity index (χ4v) is 1.53. The first-order valence-corrected chi connectivity index (χ1v) is 5.48. The monoisotopic (exact) mass is 254 g/mol. The number of aromatic nitrogens is 1. The SMILES string of the molecule is Cc1cc(C(=O)O)cc(Oc2ccc(C#N)cc2)n1. The van der Waals surface area contributed by atoms with Gasteiger partial charge >= 0.3 is 5.97 Å². The molecule has 0 fully saturated rings. The van der Waals surface area contributed by atoms with Crippen LogP contribution in [0.4, 0.5) is 0 Å². The lowest BCUT2D eigenvalue weighted by atomic mass is 10.2. The van der Waals surface area contributed by atoms with Gasteiger partial charge in [-0.1, -0.05) is 0 Å². The highest BCUT2D eigenvalue weighted by Crippen LogP contribution is 2.21. The van der Waals surface area contributed by atoms with E-state index in [1.54, 1.807) is 31.2 Å². The van der Waals surface area contributed by atoms with Crippen molar-refractivity contribution in [3.8, 4) is 17.7 Å². The van der Waals surface area contributed by atoms with Crippen LogP contribution in [-0.4, -0.2) is 16.1 Å². The van der Waals surface area contributed by atoms with Crippen LogP contribution in [0.15, 0.2) is 36.4 Å². The largest absolute Gasteiger partial charge is 0.478 e. The second-order valence-electron chi connectivity index (χ2n) is 3.88. The molecule has 0 unspecified atom stereocenters. The lowest BCUT2D eigenvalue weighted by molar-refractivity contribution is 0.0696. The number of hydrogen-bond acceptors (Lipinski definition) is 4. The molecule has 5 nitrogen and oxygen atoms in total. The summed E-state index contributed by atoms with van der Waals surface area (Å²) in [5.74, 6) is -0.328. The Morgan fingerprint density at radius 2 is 2.00 bits per heavy atom. The third-order valence-electron chi connectivity index (χ3n) is 2.38. The summed E-state index contributed by atoms with van der Waals surface area (Å²) in [6.45, 7) is 1.69. The standard InChI is InChI=1S/C14H10N2O3/c1-9-6-11(14(17)18)7-13(16-9)19-12-4-2-10(8-15)3-5-12/h2-7H,1H3,(H,17,18). The Morgan fingerprint density at radius 3 is 2.58 bits per heavy atom. The molecule has 0 aliphatic carbocycles. The van der Waals surface area contributed by atoms with Crippen molar-refractivity contribution >= 4 is 5.97 Å². The molecule has 2 rings (SSSR count). The Bertz CT molecular complexity index is 657. The highest BCUT2D eigenvalue weighted by Gasteiger charge is 2.08. The Balaban J connectivity index is 2.27. The summed E-state index contributed by atoms with van der Waals surface area (Å²) in [5.41, 5.74) is 1.20. The van der Waals surface area contributed by atoms with E-state index in [1.807, 2.05) is 6.07 Å². The van der Waals surface area contributed by atoms with E-state index >= 15 is 0 Å². The number of aromatic carboxylic acids is 1. The molecule has 1 N–H and O–H groups in total. The average molecular weight is 254 g/mol. The van der Waals surface area contributed by atoms with Crippen LogP contribution in [0.25, 0.3) is 0 Å². The molecule has 0 saturated heterocycles. The maximum atomic E-state index is 10.9. The number of ether oxygens (including phenoxy) is 1. The van der Waals surface area contributed by atoms with Crippen molar-refractivity contribution in [2.45, 2.75) is 6.92 Å². The highest BCUT2D eigenvalue weighted by molar-refractivity contribution is 5.88. The van der Waals surface area contributed by atoms with Crippen molar-refractivity contribution < 1.29 is 14.6 Å². The second-order valence-corrected chi connectivity index (χ2v) is 3.88. The van der Waals surface area contributed by atoms with Gasteiger partial charge in [0.2, 0.25) is 5.88 Å². The minimum Gasteiger partial charge on any atom is -0.478 e. The molecule has 0 atom stereocenters. The summed E-state index contributed by atoms with van der Waals surface area (Å²) in [6.07, 6.45) is 0. The molecular formula is C14H10N2O3. The first kappa shape index (κ1) is 12.6. The predicted octanol–water partition coefficient (Wildman–Crippen LogP) is 2.75. The van der Waals surface area contributed by atoms with Gasteiger partial charge in [-0.25, -0.2) is 9.78 Å². The van der Waals surface area contributed by atoms with Gasteiger partial charge in [-0.2, -0.15) is 5.26 Å². The maximum Gasteiger partial charge on any atom is 0.335 e. The normalized spacial score (nSPS) is 9.68. The number of carboxylic acid groups (broad SMARTS) is 1. The molecule has 5 heteroatoms. The van der Waals surface area contributed by atoms with Gasteiger partial charge in [-0.15, -0.1) is 0 Å². The van der Waals surface area contributed by atoms with Gasteiger partial charge in [0.05, 0.1) is 17.2 Å². The third-order valence-corrected chi connectivity index (χ3v) is 2.38. The zero-order valence-corrected chi connectivity index (χ0v) is 10.1. The van der Waals surface area contributed by atoms with Crippen LogP contribution < -0.4 is 4.74 Å². The molecule has 0 aliphatic heterocycles. The van der Waals surface area contributed by atoms with Gasteiger partial charge in [0.1, 0.15) is 5.75 Å². The van der Waals surface area contributed by atoms with Crippen LogP contribution in [0, 0.1) is 18.3 Å². The van der Waals surface area contributed by atoms with Crippen molar-refractivity contribution in [2.75, 3.05) is 0 Å². The second kappa shape index (κ2) is 5.19. The number of hydrogen-bond donors (Lipinski definition) is 1. The number of carbonyl (C=O) groups is 1. The number of nitriles is 1. The molecule has 0 amide bonds. The quantitative estimate of drug-likeness (QED) is 0.910. The van der Waals surface area contributed by atoms with E-state index < -0.39 is 5.97 Å². The van der Waals surface area contributed by atoms with Gasteiger partial charge in [-0.3, -0.25) is 0 Å². The Hall–Kier alpha value is -2.87. The van der Waals surface area contributed by atoms with Gasteiger partial charge < -0.3 is 9.84 Å². The van der Waals surface area contributed by atoms with Gasteiger partial charge in [-0.05, 0) is 37.3 Å². The van der Waals surface area contributed by atoms with Crippen LogP contribution in [0.1, 0.15) is 21.6 Å². The zero-order valence-electron chi connectivity index (χ0n) is 10.1. The fraction of sp³-hybridized carbons (Fsp3) is 0.0714. The molecular weight excluding hydrogens is 244 g/mol. The van der Waals surface area contributed by atoms with Crippen molar-refractivity contribution in [2.24, 2.45) is 0 Å². The number of benzene rings is 1. The van der Waals surface area contributed by atoms with Gasteiger partial charge in [0.25, 0.3) is 0 Å². The van der Waals surface area contributed by atoms with E-state index in [2.05, 4.69) is 4.98 Å². The summed E-state index contributed by atoms with van der Waals surface area (Å²) in [5, 5.41) is 17.6. The Morgan fingerprint density at radius 1 is 1.32 bits per heavy atom. The van der Waals surface area contributed by atoms with Gasteiger partial charge in [0.15, 0.2) is 0 Å². The third kappa shape index (κ3) is 3.07. The molecule has 0 spiro atoms. The molecule has 1 aromatic heterocycles.